The molecule has 0 heterocycles. The maximum Gasteiger partial charge on any atom is 0.573 e. The van der Waals surface area contributed by atoms with Crippen molar-refractivity contribution in [2.24, 2.45) is 0 Å². The number of alkyl halides is 3. The zero-order valence-corrected chi connectivity index (χ0v) is 13.1. The van der Waals surface area contributed by atoms with E-state index in [1.54, 1.807) is 13.0 Å². The molecule has 0 aliphatic heterocycles. The number of amides is 1. The molecule has 1 atom stereocenters. The predicted molar refractivity (Wildman–Crippen MR) is 82.9 cm³/mol. The fourth-order valence-electron chi connectivity index (χ4n) is 1.98. The van der Waals surface area contributed by atoms with Crippen molar-refractivity contribution in [1.82, 2.24) is 0 Å². The van der Waals surface area contributed by atoms with E-state index in [0.29, 0.717) is 0 Å². The third-order valence-corrected chi connectivity index (χ3v) is 3.12. The number of benzene rings is 2. The SMILES string of the molecule is CC[C@@H](Oc1ccccc1F)C(=O)Nc1ccc(OC(F)(F)F)cc1. The van der Waals surface area contributed by atoms with Crippen LogP contribution in [0, 0.1) is 5.82 Å². The van der Waals surface area contributed by atoms with Gasteiger partial charge in [0.1, 0.15) is 5.75 Å². The van der Waals surface area contributed by atoms with Gasteiger partial charge in [-0.15, -0.1) is 13.2 Å². The lowest BCUT2D eigenvalue weighted by Gasteiger charge is -2.18. The van der Waals surface area contributed by atoms with E-state index in [4.69, 9.17) is 4.74 Å². The van der Waals surface area contributed by atoms with E-state index >= 15 is 0 Å². The Morgan fingerprint density at radius 2 is 1.76 bits per heavy atom. The first kappa shape index (κ1) is 18.6. The minimum Gasteiger partial charge on any atom is -0.478 e. The number of carbonyl (C=O) groups is 1. The molecule has 0 saturated carbocycles. The Balaban J connectivity index is 2.00. The maximum atomic E-state index is 13.6. The van der Waals surface area contributed by atoms with E-state index in [1.807, 2.05) is 0 Å². The summed E-state index contributed by atoms with van der Waals surface area (Å²) in [6, 6.07) is 10.3. The standard InChI is InChI=1S/C17H15F4NO3/c1-2-14(24-15-6-4-3-5-13(15)18)16(23)22-11-7-9-12(10-8-11)25-17(19,20)21/h3-10,14H,2H2,1H3,(H,22,23)/t14-/m1/s1. The average molecular weight is 357 g/mol. The number of nitrogens with one attached hydrogen (secondary N) is 1. The van der Waals surface area contributed by atoms with Gasteiger partial charge in [-0.25, -0.2) is 4.39 Å². The third-order valence-electron chi connectivity index (χ3n) is 3.12. The summed E-state index contributed by atoms with van der Waals surface area (Å²) < 4.78 is 59.0. The van der Waals surface area contributed by atoms with Gasteiger partial charge in [0.25, 0.3) is 5.91 Å². The summed E-state index contributed by atoms with van der Waals surface area (Å²) in [6.45, 7) is 1.69. The second-order valence-electron chi connectivity index (χ2n) is 5.01. The first-order valence-electron chi connectivity index (χ1n) is 7.36. The van der Waals surface area contributed by atoms with E-state index in [2.05, 4.69) is 10.1 Å². The fourth-order valence-corrected chi connectivity index (χ4v) is 1.98. The number of rotatable bonds is 6. The smallest absolute Gasteiger partial charge is 0.478 e. The van der Waals surface area contributed by atoms with Crippen LogP contribution in [0.1, 0.15) is 13.3 Å². The van der Waals surface area contributed by atoms with Crippen LogP contribution in [-0.2, 0) is 4.79 Å². The Morgan fingerprint density at radius 3 is 2.32 bits per heavy atom. The Kier molecular flexibility index (Phi) is 5.84. The predicted octanol–water partition coefficient (Wildman–Crippen LogP) is 4.52. The van der Waals surface area contributed by atoms with E-state index < -0.39 is 29.9 Å². The summed E-state index contributed by atoms with van der Waals surface area (Å²) in [5.74, 6) is -1.60. The molecule has 0 aromatic heterocycles. The normalized spacial score (nSPS) is 12.4. The number of hydrogen-bond acceptors (Lipinski definition) is 3. The van der Waals surface area contributed by atoms with E-state index in [0.717, 1.165) is 12.1 Å². The Hall–Kier alpha value is -2.77. The summed E-state index contributed by atoms with van der Waals surface area (Å²) in [5, 5.41) is 2.50. The van der Waals surface area contributed by atoms with Crippen LogP contribution in [0.15, 0.2) is 48.5 Å². The van der Waals surface area contributed by atoms with E-state index in [1.165, 1.54) is 30.3 Å². The highest BCUT2D eigenvalue weighted by molar-refractivity contribution is 5.94. The summed E-state index contributed by atoms with van der Waals surface area (Å²) in [4.78, 5) is 12.2. The van der Waals surface area contributed by atoms with Crippen LogP contribution in [0.3, 0.4) is 0 Å². The molecule has 0 aliphatic carbocycles. The highest BCUT2D eigenvalue weighted by Crippen LogP contribution is 2.24. The second kappa shape index (κ2) is 7.87. The summed E-state index contributed by atoms with van der Waals surface area (Å²) in [5.41, 5.74) is 0.259. The van der Waals surface area contributed by atoms with Gasteiger partial charge in [-0.3, -0.25) is 4.79 Å². The minimum atomic E-state index is -4.79. The van der Waals surface area contributed by atoms with Crippen LogP contribution in [-0.4, -0.2) is 18.4 Å². The molecule has 0 bridgehead atoms. The van der Waals surface area contributed by atoms with Gasteiger partial charge in [0, 0.05) is 5.69 Å². The summed E-state index contributed by atoms with van der Waals surface area (Å²) >= 11 is 0. The molecule has 25 heavy (non-hydrogen) atoms. The van der Waals surface area contributed by atoms with Crippen molar-refractivity contribution in [2.45, 2.75) is 25.8 Å². The first-order valence-corrected chi connectivity index (χ1v) is 7.36. The number of para-hydroxylation sites is 1. The number of ether oxygens (including phenoxy) is 2. The Labute approximate surface area is 141 Å². The number of hydrogen-bond donors (Lipinski definition) is 1. The van der Waals surface area contributed by atoms with Crippen LogP contribution in [0.2, 0.25) is 0 Å². The topological polar surface area (TPSA) is 47.6 Å². The van der Waals surface area contributed by atoms with Crippen molar-refractivity contribution in [2.75, 3.05) is 5.32 Å². The van der Waals surface area contributed by atoms with Crippen LogP contribution in [0.5, 0.6) is 11.5 Å². The highest BCUT2D eigenvalue weighted by atomic mass is 19.4. The van der Waals surface area contributed by atoms with Gasteiger partial charge in [-0.1, -0.05) is 19.1 Å². The zero-order chi connectivity index (χ0) is 18.4. The Morgan fingerprint density at radius 1 is 1.12 bits per heavy atom. The number of halogens is 4. The maximum absolute atomic E-state index is 13.6. The van der Waals surface area contributed by atoms with E-state index in [9.17, 15) is 22.4 Å². The molecule has 0 aliphatic rings. The van der Waals surface area contributed by atoms with Crippen molar-refractivity contribution in [1.29, 1.82) is 0 Å². The molecule has 134 valence electrons. The monoisotopic (exact) mass is 357 g/mol. The molecule has 0 unspecified atom stereocenters. The molecule has 1 amide bonds. The first-order chi connectivity index (χ1) is 11.8. The largest absolute Gasteiger partial charge is 0.573 e. The minimum absolute atomic E-state index is 0.0570. The van der Waals surface area contributed by atoms with E-state index in [-0.39, 0.29) is 17.9 Å². The lowest BCUT2D eigenvalue weighted by molar-refractivity contribution is -0.274. The van der Waals surface area contributed by atoms with Gasteiger partial charge >= 0.3 is 6.36 Å². The molecule has 2 aromatic carbocycles. The molecule has 1 N–H and O–H groups in total. The average Bonchev–Trinajstić information content (AvgIpc) is 2.54. The molecule has 8 heteroatoms. The lowest BCUT2D eigenvalue weighted by Crippen LogP contribution is -2.32. The van der Waals surface area contributed by atoms with Gasteiger partial charge < -0.3 is 14.8 Å². The fraction of sp³-hybridized carbons (Fsp3) is 0.235. The molecule has 4 nitrogen and oxygen atoms in total. The third kappa shape index (κ3) is 5.66. The molecule has 0 spiro atoms. The van der Waals surface area contributed by atoms with Gasteiger partial charge in [-0.2, -0.15) is 0 Å². The molecule has 0 radical (unpaired) electrons. The molecule has 2 aromatic rings. The Bertz CT molecular complexity index is 717. The van der Waals surface area contributed by atoms with Crippen LogP contribution in [0.4, 0.5) is 23.2 Å². The van der Waals surface area contributed by atoms with Crippen LogP contribution in [0.25, 0.3) is 0 Å². The van der Waals surface area contributed by atoms with Crippen LogP contribution >= 0.6 is 0 Å². The van der Waals surface area contributed by atoms with Gasteiger partial charge in [-0.05, 0) is 42.8 Å². The molecular formula is C17H15F4NO3. The van der Waals surface area contributed by atoms with Crippen molar-refractivity contribution in [3.8, 4) is 11.5 Å². The molecule has 0 fully saturated rings. The zero-order valence-electron chi connectivity index (χ0n) is 13.1. The molecule has 0 saturated heterocycles. The quantitative estimate of drug-likeness (QED) is 0.774. The second-order valence-corrected chi connectivity index (χ2v) is 5.01. The molecule has 2 rings (SSSR count). The van der Waals surface area contributed by atoms with Crippen molar-refractivity contribution < 1.29 is 31.8 Å². The van der Waals surface area contributed by atoms with Gasteiger partial charge in [0.15, 0.2) is 17.7 Å². The van der Waals surface area contributed by atoms with Gasteiger partial charge in [0.2, 0.25) is 0 Å². The summed E-state index contributed by atoms with van der Waals surface area (Å²) in [6.07, 6.45) is -5.47. The molecular weight excluding hydrogens is 342 g/mol. The highest BCUT2D eigenvalue weighted by Gasteiger charge is 2.31. The number of anilines is 1. The van der Waals surface area contributed by atoms with Gasteiger partial charge in [0.05, 0.1) is 0 Å². The lowest BCUT2D eigenvalue weighted by atomic mass is 10.2. The van der Waals surface area contributed by atoms with Crippen molar-refractivity contribution in [3.05, 3.63) is 54.3 Å². The number of carbonyl (C=O) groups excluding carboxylic acids is 1. The van der Waals surface area contributed by atoms with Crippen LogP contribution < -0.4 is 14.8 Å². The van der Waals surface area contributed by atoms with Crippen molar-refractivity contribution in [3.63, 3.8) is 0 Å². The van der Waals surface area contributed by atoms with Crippen molar-refractivity contribution >= 4 is 11.6 Å². The summed E-state index contributed by atoms with van der Waals surface area (Å²) in [7, 11) is 0.